The van der Waals surface area contributed by atoms with Crippen molar-refractivity contribution in [1.29, 1.82) is 0 Å². The summed E-state index contributed by atoms with van der Waals surface area (Å²) >= 11 is 0. The molecule has 10 saturated carbocycles. The summed E-state index contributed by atoms with van der Waals surface area (Å²) in [6, 6.07) is 0. The van der Waals surface area contributed by atoms with Crippen LogP contribution in [0.2, 0.25) is 0 Å². The maximum absolute atomic E-state index is 12.9. The predicted molar refractivity (Wildman–Crippen MR) is 82.4 cm³/mol. The fourth-order valence-corrected chi connectivity index (χ4v) is 10.7. The maximum atomic E-state index is 12.9. The molecule has 10 fully saturated rings. The van der Waals surface area contributed by atoms with E-state index in [1.54, 1.807) is 0 Å². The van der Waals surface area contributed by atoms with Crippen molar-refractivity contribution in [2.75, 3.05) is 6.61 Å². The van der Waals surface area contributed by atoms with Gasteiger partial charge >= 0.3 is 6.18 Å². The molecule has 11 bridgehead atoms. The van der Waals surface area contributed by atoms with Crippen LogP contribution in [-0.2, 0) is 4.74 Å². The monoisotopic (exact) mass is 354 g/mol. The van der Waals surface area contributed by atoms with Crippen molar-refractivity contribution < 1.29 is 23.0 Å². The Bertz CT molecular complexity index is 640. The Morgan fingerprint density at radius 2 is 1.40 bits per heavy atom. The van der Waals surface area contributed by atoms with Crippen LogP contribution in [-0.4, -0.2) is 29.1 Å². The number of hydrogen-bond acceptors (Lipinski definition) is 2. The summed E-state index contributed by atoms with van der Waals surface area (Å²) in [6.07, 6.45) is 2.35. The smallest absolute Gasteiger partial charge is 0.390 e. The number of aliphatic hydroxyl groups is 1. The molecule has 0 aromatic heterocycles. The average molecular weight is 354 g/mol. The molecule has 0 saturated heterocycles. The number of halogens is 3. The molecule has 6 unspecified atom stereocenters. The topological polar surface area (TPSA) is 29.5 Å². The van der Waals surface area contributed by atoms with Gasteiger partial charge in [0.2, 0.25) is 0 Å². The zero-order valence-electron chi connectivity index (χ0n) is 14.3. The second-order valence-corrected chi connectivity index (χ2v) is 11.0. The van der Waals surface area contributed by atoms with E-state index in [1.807, 2.05) is 0 Å². The second-order valence-electron chi connectivity index (χ2n) is 11.0. The Morgan fingerprint density at radius 3 is 1.96 bits per heavy atom. The number of ether oxygens (including phenoxy) is 1. The van der Waals surface area contributed by atoms with Crippen molar-refractivity contribution >= 4 is 0 Å². The van der Waals surface area contributed by atoms with Crippen LogP contribution in [0.5, 0.6) is 0 Å². The second kappa shape index (κ2) is 3.80. The molecule has 10 aliphatic rings. The first-order valence-electron chi connectivity index (χ1n) is 10.2. The highest BCUT2D eigenvalue weighted by molar-refractivity contribution is 5.31. The van der Waals surface area contributed by atoms with E-state index in [2.05, 4.69) is 0 Å². The SMILES string of the molecule is OC12CC3C4CC5C6CC7(OCC(F)(F)F)CC5C(C4C1)C(C2)(C7)C36. The Labute approximate surface area is 145 Å². The Balaban J connectivity index is 1.35. The van der Waals surface area contributed by atoms with Gasteiger partial charge in [0.25, 0.3) is 0 Å². The van der Waals surface area contributed by atoms with Crippen LogP contribution in [0.4, 0.5) is 13.2 Å². The van der Waals surface area contributed by atoms with E-state index < -0.39 is 24.0 Å². The lowest BCUT2D eigenvalue weighted by Gasteiger charge is -2.85. The van der Waals surface area contributed by atoms with Crippen molar-refractivity contribution in [3.8, 4) is 0 Å². The van der Waals surface area contributed by atoms with E-state index in [-0.39, 0.29) is 5.41 Å². The van der Waals surface area contributed by atoms with Crippen LogP contribution in [0.25, 0.3) is 0 Å². The van der Waals surface area contributed by atoms with Crippen molar-refractivity contribution in [3.05, 3.63) is 0 Å². The van der Waals surface area contributed by atoms with Crippen molar-refractivity contribution in [1.82, 2.24) is 0 Å². The minimum absolute atomic E-state index is 0.103. The van der Waals surface area contributed by atoms with E-state index in [4.69, 9.17) is 4.74 Å². The molecule has 5 heteroatoms. The largest absolute Gasteiger partial charge is 0.411 e. The summed E-state index contributed by atoms with van der Waals surface area (Å²) in [4.78, 5) is 0. The minimum atomic E-state index is -4.24. The average Bonchev–Trinajstić information content (AvgIpc) is 2.49. The van der Waals surface area contributed by atoms with Gasteiger partial charge in [-0.2, -0.15) is 13.2 Å². The van der Waals surface area contributed by atoms with Gasteiger partial charge in [0, 0.05) is 0 Å². The third kappa shape index (κ3) is 1.49. The first-order valence-corrected chi connectivity index (χ1v) is 10.2. The van der Waals surface area contributed by atoms with Crippen LogP contribution >= 0.6 is 0 Å². The summed E-state index contributed by atoms with van der Waals surface area (Å²) in [5.74, 6) is 5.35. The van der Waals surface area contributed by atoms with E-state index in [0.29, 0.717) is 35.5 Å². The number of hydrogen-bond donors (Lipinski definition) is 1. The molecule has 0 heterocycles. The third-order valence-corrected chi connectivity index (χ3v) is 10.2. The van der Waals surface area contributed by atoms with E-state index in [0.717, 1.165) is 50.4 Å². The van der Waals surface area contributed by atoms with Crippen LogP contribution in [0, 0.1) is 52.8 Å². The molecule has 6 atom stereocenters. The zero-order chi connectivity index (χ0) is 17.0. The first-order chi connectivity index (χ1) is 11.7. The van der Waals surface area contributed by atoms with Crippen LogP contribution in [0.1, 0.15) is 44.9 Å². The van der Waals surface area contributed by atoms with E-state index >= 15 is 0 Å². The fourth-order valence-electron chi connectivity index (χ4n) is 10.7. The maximum Gasteiger partial charge on any atom is 0.411 e. The summed E-state index contributed by atoms with van der Waals surface area (Å²) in [5.41, 5.74) is -0.975. The molecule has 25 heavy (non-hydrogen) atoms. The van der Waals surface area contributed by atoms with Gasteiger partial charge in [0.1, 0.15) is 6.61 Å². The zero-order valence-corrected chi connectivity index (χ0v) is 14.3. The summed E-state index contributed by atoms with van der Waals surface area (Å²) in [5, 5.41) is 11.2. The highest BCUT2D eigenvalue weighted by Crippen LogP contribution is 2.85. The van der Waals surface area contributed by atoms with Crippen molar-refractivity contribution in [3.63, 3.8) is 0 Å². The molecule has 138 valence electrons. The Kier molecular flexibility index (Phi) is 2.24. The van der Waals surface area contributed by atoms with Gasteiger partial charge in [-0.25, -0.2) is 0 Å². The highest BCUT2D eigenvalue weighted by atomic mass is 19.4. The molecule has 0 aromatic carbocycles. The van der Waals surface area contributed by atoms with Gasteiger partial charge in [-0.1, -0.05) is 0 Å². The third-order valence-electron chi connectivity index (χ3n) is 10.2. The van der Waals surface area contributed by atoms with Gasteiger partial charge in [-0.15, -0.1) is 0 Å². The molecule has 10 rings (SSSR count). The van der Waals surface area contributed by atoms with Crippen molar-refractivity contribution in [2.24, 2.45) is 52.8 Å². The van der Waals surface area contributed by atoms with Crippen LogP contribution in [0.3, 0.4) is 0 Å². The van der Waals surface area contributed by atoms with Crippen molar-refractivity contribution in [2.45, 2.75) is 62.3 Å². The minimum Gasteiger partial charge on any atom is -0.390 e. The lowest BCUT2D eigenvalue weighted by molar-refractivity contribution is -0.399. The lowest BCUT2D eigenvalue weighted by atomic mass is 9.21. The highest BCUT2D eigenvalue weighted by Gasteiger charge is 2.82. The molecule has 0 aromatic rings. The van der Waals surface area contributed by atoms with Gasteiger partial charge in [0.05, 0.1) is 11.2 Å². The van der Waals surface area contributed by atoms with Crippen LogP contribution < -0.4 is 0 Å². The summed E-state index contributed by atoms with van der Waals surface area (Å²) in [7, 11) is 0. The predicted octanol–water partition coefficient (Wildman–Crippen LogP) is 3.78. The Morgan fingerprint density at radius 1 is 0.840 bits per heavy atom. The molecule has 0 amide bonds. The summed E-state index contributed by atoms with van der Waals surface area (Å²) < 4.78 is 44.3. The first kappa shape index (κ1) is 14.7. The molecule has 10 aliphatic carbocycles. The fraction of sp³-hybridized carbons (Fsp3) is 1.00. The number of rotatable bonds is 2. The van der Waals surface area contributed by atoms with Gasteiger partial charge < -0.3 is 9.84 Å². The van der Waals surface area contributed by atoms with Gasteiger partial charge in [-0.05, 0) is 97.7 Å². The van der Waals surface area contributed by atoms with E-state index in [1.165, 1.54) is 6.42 Å². The lowest BCUT2D eigenvalue weighted by Crippen LogP contribution is -2.82. The van der Waals surface area contributed by atoms with Gasteiger partial charge in [-0.3, -0.25) is 0 Å². The number of alkyl halides is 3. The quantitative estimate of drug-likeness (QED) is 0.818. The molecular weight excluding hydrogens is 329 g/mol. The Hall–Kier alpha value is -0.290. The molecule has 1 spiro atoms. The van der Waals surface area contributed by atoms with E-state index in [9.17, 15) is 18.3 Å². The summed E-state index contributed by atoms with van der Waals surface area (Å²) in [6.45, 7) is -1.09. The standard InChI is InChI=1S/C20H25F3O2/c21-20(22,23)8-25-18-4-13-10-1-9-11-2-17(24)3-12(9)16(14(10)5-18)19(6-17,7-18)15(11)13/h9-16,24H,1-8H2. The molecule has 0 aliphatic heterocycles. The molecule has 1 N–H and O–H groups in total. The normalized spacial score (nSPS) is 67.7. The van der Waals surface area contributed by atoms with Gasteiger partial charge in [0.15, 0.2) is 0 Å². The molecule has 2 nitrogen and oxygen atoms in total. The molecule has 0 radical (unpaired) electrons. The van der Waals surface area contributed by atoms with Crippen LogP contribution in [0.15, 0.2) is 0 Å². The molecular formula is C20H25F3O2.